The molecule has 3 aromatic rings. The average Bonchev–Trinajstić information content (AvgIpc) is 3.05. The van der Waals surface area contributed by atoms with E-state index in [1.807, 2.05) is 54.6 Å². The second-order valence-electron chi connectivity index (χ2n) is 6.23. The quantitative estimate of drug-likeness (QED) is 0.658. The molecule has 0 unspecified atom stereocenters. The molecule has 0 aliphatic carbocycles. The van der Waals surface area contributed by atoms with Gasteiger partial charge in [0.1, 0.15) is 0 Å². The maximum atomic E-state index is 12.7. The molecule has 0 aliphatic heterocycles. The van der Waals surface area contributed by atoms with Crippen LogP contribution >= 0.6 is 11.3 Å². The molecule has 0 saturated carbocycles. The number of sulfonamides is 1. The average molecular weight is 401 g/mol. The number of carbonyl (C=O) groups excluding carboxylic acids is 1. The van der Waals surface area contributed by atoms with E-state index in [4.69, 9.17) is 5.73 Å². The van der Waals surface area contributed by atoms with Crippen molar-refractivity contribution >= 4 is 27.3 Å². The van der Waals surface area contributed by atoms with Gasteiger partial charge in [0.25, 0.3) is 5.91 Å². The fourth-order valence-corrected chi connectivity index (χ4v) is 5.49. The van der Waals surface area contributed by atoms with Crippen LogP contribution in [0.2, 0.25) is 0 Å². The summed E-state index contributed by atoms with van der Waals surface area (Å²) in [4.78, 5) is 12.2. The van der Waals surface area contributed by atoms with E-state index in [9.17, 15) is 13.2 Å². The summed E-state index contributed by atoms with van der Waals surface area (Å²) in [5.41, 5.74) is 8.26. The summed E-state index contributed by atoms with van der Waals surface area (Å²) in [5.74, 6) is -0.630. The molecule has 0 saturated heterocycles. The molecule has 3 N–H and O–H groups in total. The van der Waals surface area contributed by atoms with E-state index in [-0.39, 0.29) is 9.77 Å². The molecule has 1 atom stereocenters. The normalized spacial score (nSPS) is 12.7. The third-order valence-electron chi connectivity index (χ3n) is 4.25. The predicted molar refractivity (Wildman–Crippen MR) is 108 cm³/mol. The second-order valence-corrected chi connectivity index (χ2v) is 9.17. The van der Waals surface area contributed by atoms with E-state index < -0.39 is 22.0 Å². The van der Waals surface area contributed by atoms with E-state index in [1.165, 1.54) is 6.07 Å². The first-order chi connectivity index (χ1) is 12.8. The highest BCUT2D eigenvalue weighted by atomic mass is 32.2. The molecular formula is C20H20N2O3S2. The summed E-state index contributed by atoms with van der Waals surface area (Å²) in [6, 6.07) is 18.6. The van der Waals surface area contributed by atoms with Crippen LogP contribution in [0.3, 0.4) is 0 Å². The smallest absolute Gasteiger partial charge is 0.258 e. The van der Waals surface area contributed by atoms with Crippen LogP contribution in [-0.4, -0.2) is 14.3 Å². The van der Waals surface area contributed by atoms with Crippen molar-refractivity contribution in [2.24, 2.45) is 5.73 Å². The van der Waals surface area contributed by atoms with Gasteiger partial charge in [-0.25, -0.2) is 13.1 Å². The second kappa shape index (κ2) is 7.64. The lowest BCUT2D eigenvalue weighted by atomic mass is 10.0. The van der Waals surface area contributed by atoms with Crippen LogP contribution in [0.1, 0.15) is 33.1 Å². The Hall–Kier alpha value is -2.48. The molecule has 3 rings (SSSR count). The van der Waals surface area contributed by atoms with Crippen LogP contribution in [0.4, 0.5) is 0 Å². The van der Waals surface area contributed by atoms with Crippen molar-refractivity contribution in [3.05, 3.63) is 76.0 Å². The molecule has 27 heavy (non-hydrogen) atoms. The highest BCUT2D eigenvalue weighted by molar-refractivity contribution is 7.89. The topological polar surface area (TPSA) is 89.3 Å². The van der Waals surface area contributed by atoms with Gasteiger partial charge in [0.2, 0.25) is 10.0 Å². The van der Waals surface area contributed by atoms with Crippen molar-refractivity contribution in [2.45, 2.75) is 24.8 Å². The minimum absolute atomic E-state index is 0.0917. The zero-order chi connectivity index (χ0) is 19.6. The van der Waals surface area contributed by atoms with Crippen LogP contribution < -0.4 is 10.5 Å². The number of hydrogen-bond donors (Lipinski definition) is 2. The summed E-state index contributed by atoms with van der Waals surface area (Å²) < 4.78 is 28.1. The van der Waals surface area contributed by atoms with Crippen molar-refractivity contribution < 1.29 is 13.2 Å². The standard InChI is InChI=1S/C20H20N2O3S2/c1-13(15-8-10-17(11-9-15)16-6-4-3-5-7-16)22-27(24,25)19-12-18(20(21)23)26-14(19)2/h3-13,22H,1-2H3,(H2,21,23)/t13-/m1/s1. The number of carbonyl (C=O) groups is 1. The minimum atomic E-state index is -3.76. The van der Waals surface area contributed by atoms with Gasteiger partial charge < -0.3 is 5.73 Å². The maximum Gasteiger partial charge on any atom is 0.258 e. The molecule has 2 aromatic carbocycles. The Bertz CT molecular complexity index is 1060. The van der Waals surface area contributed by atoms with Crippen molar-refractivity contribution in [1.29, 1.82) is 0 Å². The first-order valence-electron chi connectivity index (χ1n) is 8.36. The van der Waals surface area contributed by atoms with Gasteiger partial charge in [0.05, 0.1) is 9.77 Å². The number of nitrogens with one attached hydrogen (secondary N) is 1. The summed E-state index contributed by atoms with van der Waals surface area (Å²) in [6.07, 6.45) is 0. The Morgan fingerprint density at radius 1 is 1.04 bits per heavy atom. The SMILES string of the molecule is Cc1sc(C(N)=O)cc1S(=O)(=O)N[C@H](C)c1ccc(-c2ccccc2)cc1. The Kier molecular flexibility index (Phi) is 5.46. The third-order valence-corrected chi connectivity index (χ3v) is 7.12. The highest BCUT2D eigenvalue weighted by Gasteiger charge is 2.23. The van der Waals surface area contributed by atoms with Gasteiger partial charge in [0, 0.05) is 10.9 Å². The lowest BCUT2D eigenvalue weighted by Crippen LogP contribution is -2.27. The van der Waals surface area contributed by atoms with Crippen LogP contribution in [0.25, 0.3) is 11.1 Å². The number of thiophene rings is 1. The van der Waals surface area contributed by atoms with Crippen LogP contribution in [-0.2, 0) is 10.0 Å². The van der Waals surface area contributed by atoms with Gasteiger partial charge in [-0.3, -0.25) is 4.79 Å². The Labute approximate surface area is 162 Å². The summed E-state index contributed by atoms with van der Waals surface area (Å²) in [6.45, 7) is 3.44. The molecule has 0 radical (unpaired) electrons. The molecule has 7 heteroatoms. The number of rotatable bonds is 6. The predicted octanol–water partition coefficient (Wildman–Crippen LogP) is 3.86. The Balaban J connectivity index is 1.80. The first-order valence-corrected chi connectivity index (χ1v) is 10.7. The molecule has 0 fully saturated rings. The first kappa shape index (κ1) is 19.3. The number of primary amides is 1. The highest BCUT2D eigenvalue weighted by Crippen LogP contribution is 2.27. The molecule has 5 nitrogen and oxygen atoms in total. The zero-order valence-electron chi connectivity index (χ0n) is 15.0. The van der Waals surface area contributed by atoms with Gasteiger partial charge in [-0.1, -0.05) is 54.6 Å². The summed E-state index contributed by atoms with van der Waals surface area (Å²) in [7, 11) is -3.76. The fourth-order valence-electron chi connectivity index (χ4n) is 2.81. The Morgan fingerprint density at radius 3 is 2.19 bits per heavy atom. The van der Waals surface area contributed by atoms with E-state index in [2.05, 4.69) is 4.72 Å². The molecule has 1 amide bonds. The molecule has 0 spiro atoms. The van der Waals surface area contributed by atoms with Crippen molar-refractivity contribution in [2.75, 3.05) is 0 Å². The molecule has 140 valence electrons. The van der Waals surface area contributed by atoms with Crippen molar-refractivity contribution in [3.63, 3.8) is 0 Å². The van der Waals surface area contributed by atoms with E-state index in [0.29, 0.717) is 4.88 Å². The maximum absolute atomic E-state index is 12.7. The van der Waals surface area contributed by atoms with Crippen molar-refractivity contribution in [1.82, 2.24) is 4.72 Å². The van der Waals surface area contributed by atoms with E-state index >= 15 is 0 Å². The molecule has 0 bridgehead atoms. The summed E-state index contributed by atoms with van der Waals surface area (Å²) in [5, 5.41) is 0. The summed E-state index contributed by atoms with van der Waals surface area (Å²) >= 11 is 1.08. The van der Waals surface area contributed by atoms with Gasteiger partial charge in [-0.05, 0) is 36.6 Å². The lowest BCUT2D eigenvalue weighted by Gasteiger charge is -2.15. The van der Waals surface area contributed by atoms with Gasteiger partial charge in [-0.15, -0.1) is 11.3 Å². The fraction of sp³-hybridized carbons (Fsp3) is 0.150. The lowest BCUT2D eigenvalue weighted by molar-refractivity contribution is 0.100. The Morgan fingerprint density at radius 2 is 1.63 bits per heavy atom. The van der Waals surface area contributed by atoms with Gasteiger partial charge >= 0.3 is 0 Å². The number of hydrogen-bond acceptors (Lipinski definition) is 4. The zero-order valence-corrected chi connectivity index (χ0v) is 16.6. The van der Waals surface area contributed by atoms with Gasteiger partial charge in [0.15, 0.2) is 0 Å². The van der Waals surface area contributed by atoms with Crippen LogP contribution in [0.15, 0.2) is 65.6 Å². The minimum Gasteiger partial charge on any atom is -0.365 e. The number of aryl methyl sites for hydroxylation is 1. The molecule has 1 aromatic heterocycles. The number of benzene rings is 2. The van der Waals surface area contributed by atoms with E-state index in [0.717, 1.165) is 28.0 Å². The van der Waals surface area contributed by atoms with Crippen LogP contribution in [0, 0.1) is 6.92 Å². The molecule has 0 aliphatic rings. The monoisotopic (exact) mass is 400 g/mol. The number of amides is 1. The van der Waals surface area contributed by atoms with Gasteiger partial charge in [-0.2, -0.15) is 0 Å². The number of nitrogens with two attached hydrogens (primary N) is 1. The largest absolute Gasteiger partial charge is 0.365 e. The van der Waals surface area contributed by atoms with Crippen LogP contribution in [0.5, 0.6) is 0 Å². The van der Waals surface area contributed by atoms with Crippen molar-refractivity contribution in [3.8, 4) is 11.1 Å². The van der Waals surface area contributed by atoms with E-state index in [1.54, 1.807) is 13.8 Å². The molecule has 1 heterocycles. The third kappa shape index (κ3) is 4.27. The molecular weight excluding hydrogens is 380 g/mol.